The van der Waals surface area contributed by atoms with Gasteiger partial charge in [-0.15, -0.1) is 11.8 Å². The Kier molecular flexibility index (Phi) is 5.73. The lowest BCUT2D eigenvalue weighted by atomic mass is 10.2. The van der Waals surface area contributed by atoms with E-state index >= 15 is 0 Å². The second-order valence-electron chi connectivity index (χ2n) is 7.63. The maximum atomic E-state index is 13.0. The Morgan fingerprint density at radius 1 is 1.33 bits per heavy atom. The van der Waals surface area contributed by atoms with E-state index in [0.717, 1.165) is 6.42 Å². The molecule has 0 aromatic heterocycles. The fraction of sp³-hybridized carbons (Fsp3) is 0.579. The number of anilines is 1. The molecular formula is C19H25N3O6S2. The van der Waals surface area contributed by atoms with Crippen LogP contribution in [0, 0.1) is 0 Å². The van der Waals surface area contributed by atoms with Crippen LogP contribution in [0.4, 0.5) is 5.69 Å². The number of thioether (sulfide) groups is 1. The van der Waals surface area contributed by atoms with E-state index in [4.69, 9.17) is 9.47 Å². The lowest BCUT2D eigenvalue weighted by Gasteiger charge is -2.30. The van der Waals surface area contributed by atoms with Crippen molar-refractivity contribution in [1.29, 1.82) is 0 Å². The van der Waals surface area contributed by atoms with Gasteiger partial charge in [-0.25, -0.2) is 8.42 Å². The van der Waals surface area contributed by atoms with Gasteiger partial charge in [0.1, 0.15) is 11.8 Å². The molecule has 2 amide bonds. The summed E-state index contributed by atoms with van der Waals surface area (Å²) >= 11 is 1.60. The van der Waals surface area contributed by atoms with Crippen molar-refractivity contribution in [2.75, 3.05) is 44.5 Å². The third kappa shape index (κ3) is 3.68. The topological polar surface area (TPSA) is 105 Å². The van der Waals surface area contributed by atoms with Gasteiger partial charge in [0.2, 0.25) is 21.8 Å². The highest BCUT2D eigenvalue weighted by Crippen LogP contribution is 2.47. The molecule has 0 saturated carbocycles. The van der Waals surface area contributed by atoms with Crippen LogP contribution in [-0.4, -0.2) is 79.5 Å². The number of methoxy groups -OCH3 is 1. The summed E-state index contributed by atoms with van der Waals surface area (Å²) < 4.78 is 37.9. The minimum atomic E-state index is -3.72. The van der Waals surface area contributed by atoms with Crippen molar-refractivity contribution in [3.05, 3.63) is 18.2 Å². The van der Waals surface area contributed by atoms with E-state index in [9.17, 15) is 18.0 Å². The lowest BCUT2D eigenvalue weighted by Crippen LogP contribution is -2.48. The van der Waals surface area contributed by atoms with E-state index in [0.29, 0.717) is 31.1 Å². The van der Waals surface area contributed by atoms with Gasteiger partial charge in [-0.3, -0.25) is 9.59 Å². The monoisotopic (exact) mass is 455 g/mol. The molecule has 0 bridgehead atoms. The average molecular weight is 456 g/mol. The summed E-state index contributed by atoms with van der Waals surface area (Å²) in [6.45, 7) is 3.24. The van der Waals surface area contributed by atoms with Gasteiger partial charge in [-0.1, -0.05) is 0 Å². The fourth-order valence-electron chi connectivity index (χ4n) is 4.11. The van der Waals surface area contributed by atoms with Gasteiger partial charge in [-0.2, -0.15) is 4.31 Å². The molecule has 11 heteroatoms. The minimum Gasteiger partial charge on any atom is -0.495 e. The summed E-state index contributed by atoms with van der Waals surface area (Å²) in [4.78, 5) is 26.7. The third-order valence-electron chi connectivity index (χ3n) is 5.78. The minimum absolute atomic E-state index is 0.0294. The number of benzene rings is 1. The highest BCUT2D eigenvalue weighted by molar-refractivity contribution is 8.01. The smallest absolute Gasteiger partial charge is 0.248 e. The number of carbonyl (C=O) groups excluding carboxylic acids is 2. The van der Waals surface area contributed by atoms with Crippen molar-refractivity contribution in [2.24, 2.45) is 0 Å². The molecule has 1 N–H and O–H groups in total. The molecule has 2 unspecified atom stereocenters. The first-order valence-corrected chi connectivity index (χ1v) is 12.2. The standard InChI is InChI=1S/C19H25N3O6S2/c1-19-6-5-17(23)22(19)15(12-29-19)18(24)20-14-11-13(3-4-16(14)27-2)30(25,26)21-7-9-28-10-8-21/h3-4,11,15H,5-10,12H2,1-2H3,(H,20,24). The average Bonchev–Trinajstić information content (AvgIpc) is 3.24. The number of carbonyl (C=O) groups is 2. The lowest BCUT2D eigenvalue weighted by molar-refractivity contribution is -0.135. The molecule has 0 spiro atoms. The Bertz CT molecular complexity index is 963. The highest BCUT2D eigenvalue weighted by atomic mass is 32.2. The molecule has 1 aromatic rings. The van der Waals surface area contributed by atoms with Crippen molar-refractivity contribution in [1.82, 2.24) is 9.21 Å². The number of hydrogen-bond acceptors (Lipinski definition) is 7. The van der Waals surface area contributed by atoms with Gasteiger partial charge < -0.3 is 19.7 Å². The number of sulfonamides is 1. The molecule has 3 aliphatic rings. The Morgan fingerprint density at radius 2 is 2.07 bits per heavy atom. The summed E-state index contributed by atoms with van der Waals surface area (Å²) in [6.07, 6.45) is 1.15. The molecule has 0 aliphatic carbocycles. The molecular weight excluding hydrogens is 430 g/mol. The van der Waals surface area contributed by atoms with Crippen molar-refractivity contribution in [3.63, 3.8) is 0 Å². The third-order valence-corrected chi connectivity index (χ3v) is 9.18. The van der Waals surface area contributed by atoms with Crippen molar-refractivity contribution in [3.8, 4) is 5.75 Å². The van der Waals surface area contributed by atoms with Crippen molar-refractivity contribution >= 4 is 39.3 Å². The SMILES string of the molecule is COc1ccc(S(=O)(=O)N2CCOCC2)cc1NC(=O)C1CSC2(C)CCC(=O)N12. The summed E-state index contributed by atoms with van der Waals surface area (Å²) in [5.41, 5.74) is 0.266. The van der Waals surface area contributed by atoms with Crippen LogP contribution in [0.3, 0.4) is 0 Å². The first-order chi connectivity index (χ1) is 14.3. The maximum Gasteiger partial charge on any atom is 0.248 e. The molecule has 4 rings (SSSR count). The van der Waals surface area contributed by atoms with Crippen molar-refractivity contribution in [2.45, 2.75) is 35.6 Å². The van der Waals surface area contributed by atoms with Crippen LogP contribution in [0.5, 0.6) is 5.75 Å². The number of fused-ring (bicyclic) bond motifs is 1. The van der Waals surface area contributed by atoms with Gasteiger partial charge >= 0.3 is 0 Å². The van der Waals surface area contributed by atoms with E-state index < -0.39 is 16.1 Å². The maximum absolute atomic E-state index is 13.0. The summed E-state index contributed by atoms with van der Waals surface area (Å²) in [5, 5.41) is 2.79. The van der Waals surface area contributed by atoms with Crippen LogP contribution < -0.4 is 10.1 Å². The van der Waals surface area contributed by atoms with Gasteiger partial charge in [0.15, 0.2) is 0 Å². The molecule has 1 aromatic carbocycles. The van der Waals surface area contributed by atoms with Crippen LogP contribution in [0.1, 0.15) is 19.8 Å². The largest absolute Gasteiger partial charge is 0.495 e. The number of morpholine rings is 1. The van der Waals surface area contributed by atoms with Gasteiger partial charge in [0, 0.05) is 25.3 Å². The number of amides is 2. The predicted molar refractivity (Wildman–Crippen MR) is 112 cm³/mol. The zero-order chi connectivity index (χ0) is 21.5. The van der Waals surface area contributed by atoms with E-state index in [1.54, 1.807) is 16.7 Å². The Hall–Kier alpha value is -1.82. The second-order valence-corrected chi connectivity index (χ2v) is 11.1. The van der Waals surface area contributed by atoms with E-state index in [-0.39, 0.29) is 40.4 Å². The number of hydrogen-bond donors (Lipinski definition) is 1. The van der Waals surface area contributed by atoms with E-state index in [1.165, 1.54) is 29.6 Å². The van der Waals surface area contributed by atoms with Gasteiger partial charge in [0.05, 0.1) is 35.8 Å². The summed E-state index contributed by atoms with van der Waals surface area (Å²) in [5.74, 6) is 0.478. The van der Waals surface area contributed by atoms with Crippen LogP contribution >= 0.6 is 11.8 Å². The van der Waals surface area contributed by atoms with Crippen LogP contribution in [0.2, 0.25) is 0 Å². The summed E-state index contributed by atoms with van der Waals surface area (Å²) in [7, 11) is -2.27. The first kappa shape index (κ1) is 21.4. The molecule has 30 heavy (non-hydrogen) atoms. The number of nitrogens with zero attached hydrogens (tertiary/aromatic N) is 2. The number of rotatable bonds is 5. The highest BCUT2D eigenvalue weighted by Gasteiger charge is 2.53. The van der Waals surface area contributed by atoms with Gasteiger partial charge in [0.25, 0.3) is 0 Å². The zero-order valence-corrected chi connectivity index (χ0v) is 18.6. The fourth-order valence-corrected chi connectivity index (χ4v) is 6.98. The second kappa shape index (κ2) is 8.03. The molecule has 3 saturated heterocycles. The quantitative estimate of drug-likeness (QED) is 0.709. The Morgan fingerprint density at radius 3 is 2.77 bits per heavy atom. The van der Waals surface area contributed by atoms with Crippen LogP contribution in [0.15, 0.2) is 23.1 Å². The molecule has 3 heterocycles. The molecule has 3 aliphatic heterocycles. The first-order valence-electron chi connectivity index (χ1n) is 9.79. The Labute approximate surface area is 180 Å². The van der Waals surface area contributed by atoms with Crippen LogP contribution in [-0.2, 0) is 24.3 Å². The normalized spacial score (nSPS) is 27.2. The van der Waals surface area contributed by atoms with Crippen LogP contribution in [0.25, 0.3) is 0 Å². The molecule has 164 valence electrons. The molecule has 3 fully saturated rings. The zero-order valence-electron chi connectivity index (χ0n) is 16.9. The van der Waals surface area contributed by atoms with Gasteiger partial charge in [-0.05, 0) is 31.5 Å². The number of ether oxygens (including phenoxy) is 2. The Balaban J connectivity index is 1.58. The molecule has 2 atom stereocenters. The number of nitrogens with one attached hydrogen (secondary N) is 1. The van der Waals surface area contributed by atoms with E-state index in [1.807, 2.05) is 6.92 Å². The predicted octanol–water partition coefficient (Wildman–Crippen LogP) is 1.11. The summed E-state index contributed by atoms with van der Waals surface area (Å²) in [6, 6.07) is 3.80. The van der Waals surface area contributed by atoms with E-state index in [2.05, 4.69) is 5.32 Å². The van der Waals surface area contributed by atoms with Crippen molar-refractivity contribution < 1.29 is 27.5 Å². The molecule has 9 nitrogen and oxygen atoms in total. The molecule has 0 radical (unpaired) electrons.